The summed E-state index contributed by atoms with van der Waals surface area (Å²) >= 11 is 0. The van der Waals surface area contributed by atoms with Crippen LogP contribution in [-0.4, -0.2) is 374 Å². The topological polar surface area (TPSA) is 562 Å². The Hall–Kier alpha value is -5.20. The predicted molar refractivity (Wildman–Crippen MR) is 337 cm³/mol. The van der Waals surface area contributed by atoms with Crippen molar-refractivity contribution in [3.05, 3.63) is 0 Å². The van der Waals surface area contributed by atoms with E-state index in [2.05, 4.69) is 37.2 Å². The summed E-state index contributed by atoms with van der Waals surface area (Å²) in [6.45, 7) is 2.54. The molecular weight excluding hydrogens is 1350 g/mol. The number of carbonyl (C=O) groups excluding carboxylic acids is 7. The fourth-order valence-corrected chi connectivity index (χ4v) is 9.86. The van der Waals surface area contributed by atoms with Gasteiger partial charge in [0.15, 0.2) is 18.9 Å². The van der Waals surface area contributed by atoms with Crippen molar-refractivity contribution >= 4 is 47.3 Å². The quantitative estimate of drug-likeness (QED) is 0.0252. The second kappa shape index (κ2) is 52.7. The lowest BCUT2D eigenvalue weighted by Crippen LogP contribution is -2.64. The van der Waals surface area contributed by atoms with Gasteiger partial charge < -0.3 is 159 Å². The van der Waals surface area contributed by atoms with Crippen molar-refractivity contribution in [2.75, 3.05) is 172 Å². The first-order valence-electron chi connectivity index (χ1n) is 33.1. The predicted octanol–water partition coefficient (Wildman–Crippen LogP) is -9.36. The van der Waals surface area contributed by atoms with Crippen LogP contribution < -0.4 is 37.2 Å². The Morgan fingerprint density at radius 3 is 0.930 bits per heavy atom. The van der Waals surface area contributed by atoms with Gasteiger partial charge in [0.1, 0.15) is 105 Å². The van der Waals surface area contributed by atoms with E-state index in [1.165, 1.54) is 20.8 Å². The normalized spacial score (nSPS) is 25.8. The molecule has 3 rings (SSSR count). The van der Waals surface area contributed by atoms with Gasteiger partial charge in [-0.3, -0.25) is 33.6 Å². The van der Waals surface area contributed by atoms with Crippen LogP contribution in [0.3, 0.4) is 0 Å². The summed E-state index contributed by atoms with van der Waals surface area (Å²) in [4.78, 5) is 98.8. The summed E-state index contributed by atoms with van der Waals surface area (Å²) in [6.07, 6.45) is -14.4. The molecule has 17 atom stereocenters. The maximum atomic E-state index is 13.6. The van der Waals surface area contributed by atoms with Crippen LogP contribution in [0.25, 0.3) is 0 Å². The Kier molecular flexibility index (Phi) is 46.9. The van der Waals surface area contributed by atoms with Gasteiger partial charge in [-0.25, -0.2) is 4.79 Å². The van der Waals surface area contributed by atoms with E-state index in [-0.39, 0.29) is 171 Å². The summed E-state index contributed by atoms with van der Waals surface area (Å²) in [5.74, 6) is -5.18. The van der Waals surface area contributed by atoms with Crippen molar-refractivity contribution in [1.29, 1.82) is 0 Å². The third kappa shape index (κ3) is 36.3. The third-order valence-electron chi connectivity index (χ3n) is 15.0. The van der Waals surface area contributed by atoms with Gasteiger partial charge in [-0.2, -0.15) is 0 Å². The molecule has 3 aliphatic rings. The number of unbranched alkanes of at least 4 members (excludes halogenated alkanes) is 2. The molecule has 580 valence electrons. The van der Waals surface area contributed by atoms with E-state index in [1.54, 1.807) is 0 Å². The van der Waals surface area contributed by atoms with Crippen LogP contribution in [0.15, 0.2) is 0 Å². The molecule has 17 N–H and O–H groups in total. The van der Waals surface area contributed by atoms with Crippen molar-refractivity contribution in [3.8, 4) is 0 Å². The highest BCUT2D eigenvalue weighted by molar-refractivity contribution is 5.90. The molecule has 0 aromatic rings. The number of aliphatic hydroxyl groups is 9. The molecule has 3 fully saturated rings. The second-order valence-corrected chi connectivity index (χ2v) is 23.0. The molecule has 0 aromatic heterocycles. The first kappa shape index (κ1) is 89.0. The fourth-order valence-electron chi connectivity index (χ4n) is 9.86. The number of carbonyl (C=O) groups is 8. The highest BCUT2D eigenvalue weighted by Gasteiger charge is 2.48. The van der Waals surface area contributed by atoms with Gasteiger partial charge in [0.25, 0.3) is 0 Å². The second-order valence-electron chi connectivity index (χ2n) is 23.0. The molecule has 2 unspecified atom stereocenters. The van der Waals surface area contributed by atoms with Crippen molar-refractivity contribution < 1.29 is 160 Å². The zero-order valence-electron chi connectivity index (χ0n) is 56.8. The van der Waals surface area contributed by atoms with E-state index in [4.69, 9.17) is 71.1 Å². The third-order valence-corrected chi connectivity index (χ3v) is 15.0. The van der Waals surface area contributed by atoms with E-state index >= 15 is 0 Å². The van der Waals surface area contributed by atoms with Gasteiger partial charge in [0.05, 0.1) is 139 Å². The lowest BCUT2D eigenvalue weighted by atomic mass is 9.97. The van der Waals surface area contributed by atoms with E-state index in [1.807, 2.05) is 0 Å². The average Bonchev–Trinajstić information content (AvgIpc) is 0.824. The summed E-state index contributed by atoms with van der Waals surface area (Å²) < 4.78 is 82.2. The van der Waals surface area contributed by atoms with E-state index < -0.39 is 178 Å². The van der Waals surface area contributed by atoms with Crippen molar-refractivity contribution in [3.63, 3.8) is 0 Å². The lowest BCUT2D eigenvalue weighted by Gasteiger charge is -2.42. The molecule has 3 heterocycles. The van der Waals surface area contributed by atoms with Gasteiger partial charge in [0.2, 0.25) is 41.4 Å². The minimum Gasteiger partial charge on any atom is -0.480 e. The molecule has 0 bridgehead atoms. The van der Waals surface area contributed by atoms with Gasteiger partial charge in [-0.1, -0.05) is 0 Å². The number of ether oxygens (including phenoxy) is 15. The van der Waals surface area contributed by atoms with Gasteiger partial charge in [0, 0.05) is 33.9 Å². The van der Waals surface area contributed by atoms with Crippen molar-refractivity contribution in [2.24, 2.45) is 0 Å². The standard InChI is InChI=1S/C60H107N7O33/c1-36(71)63-47-53(80)50(77)41(30-68)98-58(47)95-27-24-89-15-12-86-18-21-92-33-44(74)61-10-6-4-8-39(66-46(76)35-94-23-20-88-14-17-91-26-29-97-60-49(65-38(3)73)55(82)52(79)43(32-70)100-60)56(83)67-40(57(84)85)9-5-7-11-62-45(75)34-93-22-19-87-13-16-90-25-28-96-59-48(64-37(2)72)54(81)51(78)42(31-69)99-59/h39-43,47-55,58-60,68-70,77-82H,4-35H2,1-3H3,(H,61,74)(H,62,75)(H,63,71)(H,64,72)(H,65,73)(H,66,76)(H,67,83)(H,84,85)/t39-,40-,41+,42+,43+,47+,48?,49?,50-,51-,52-,53+,54+,55+,58+,59+,60+/m0/s1. The van der Waals surface area contributed by atoms with Crippen molar-refractivity contribution in [2.45, 2.75) is 163 Å². The zero-order valence-corrected chi connectivity index (χ0v) is 56.8. The maximum Gasteiger partial charge on any atom is 0.326 e. The number of rotatable bonds is 56. The molecule has 40 heteroatoms. The molecular formula is C60H107N7O33. The van der Waals surface area contributed by atoms with Gasteiger partial charge in [-0.15, -0.1) is 0 Å². The summed E-state index contributed by atoms with van der Waals surface area (Å²) in [5.41, 5.74) is 0. The minimum absolute atomic E-state index is 0.0161. The van der Waals surface area contributed by atoms with Crippen LogP contribution in [0, 0.1) is 0 Å². The highest BCUT2D eigenvalue weighted by Crippen LogP contribution is 2.25. The Morgan fingerprint density at radius 1 is 0.360 bits per heavy atom. The Morgan fingerprint density at radius 2 is 0.640 bits per heavy atom. The monoisotopic (exact) mass is 1450 g/mol. The van der Waals surface area contributed by atoms with Crippen LogP contribution in [0.4, 0.5) is 0 Å². The number of carboxylic acid groups (broad SMARTS) is 1. The smallest absolute Gasteiger partial charge is 0.326 e. The summed E-state index contributed by atoms with van der Waals surface area (Å²) in [6, 6.07) is -5.87. The van der Waals surface area contributed by atoms with E-state index in [0.717, 1.165) is 0 Å². The zero-order chi connectivity index (χ0) is 73.6. The van der Waals surface area contributed by atoms with Crippen LogP contribution >= 0.6 is 0 Å². The van der Waals surface area contributed by atoms with Crippen LogP contribution in [-0.2, 0) is 109 Å². The molecule has 0 aliphatic carbocycles. The molecule has 0 aromatic carbocycles. The number of aliphatic carboxylic acids is 1. The van der Waals surface area contributed by atoms with Gasteiger partial charge in [-0.05, 0) is 38.5 Å². The molecule has 0 saturated carbocycles. The molecule has 3 saturated heterocycles. The van der Waals surface area contributed by atoms with Crippen LogP contribution in [0.5, 0.6) is 0 Å². The SMILES string of the molecule is CC(=O)NC1[C@H](OCCOCCOCCOCC(=O)NCCCC[C@H](NC(=O)[C@H](CCCCNC(=O)COCCOCCOCCO[C@@H]2O[C@H](CO)[C@H](O)[C@H](O)[C@H]2NC(C)=O)NC(=O)COCCOCCOCCO[C@@H]2O[C@H](CO)[C@H](O)[C@H](O)C2NC(C)=O)C(=O)O)O[C@H](CO)[C@H](O)[C@@H]1O. The molecule has 100 heavy (non-hydrogen) atoms. The molecule has 40 nitrogen and oxygen atoms in total. The number of hydrogen-bond donors (Lipinski definition) is 17. The number of nitrogens with one attached hydrogen (secondary N) is 7. The molecule has 0 radical (unpaired) electrons. The van der Waals surface area contributed by atoms with Crippen molar-refractivity contribution in [1.82, 2.24) is 37.2 Å². The van der Waals surface area contributed by atoms with Gasteiger partial charge >= 0.3 is 5.97 Å². The number of carboxylic acids is 1. The first-order valence-corrected chi connectivity index (χ1v) is 33.1. The Labute approximate surface area is 578 Å². The number of aliphatic hydroxyl groups excluding tert-OH is 9. The Balaban J connectivity index is 1.34. The molecule has 7 amide bonds. The largest absolute Gasteiger partial charge is 0.480 e. The molecule has 3 aliphatic heterocycles. The first-order chi connectivity index (χ1) is 48.0. The van der Waals surface area contributed by atoms with Crippen LogP contribution in [0.1, 0.15) is 59.3 Å². The summed E-state index contributed by atoms with van der Waals surface area (Å²) in [5, 5.41) is 118. The van der Waals surface area contributed by atoms with E-state index in [0.29, 0.717) is 12.8 Å². The summed E-state index contributed by atoms with van der Waals surface area (Å²) in [7, 11) is 0. The number of hydrogen-bond acceptors (Lipinski definition) is 32. The Bertz CT molecular complexity index is 2310. The minimum atomic E-state index is -1.47. The van der Waals surface area contributed by atoms with E-state index in [9.17, 15) is 89.4 Å². The molecule has 0 spiro atoms. The maximum absolute atomic E-state index is 13.6. The fraction of sp³-hybridized carbons (Fsp3) is 0.867. The highest BCUT2D eigenvalue weighted by atomic mass is 16.7. The average molecular weight is 1450 g/mol. The lowest BCUT2D eigenvalue weighted by molar-refractivity contribution is -0.272. The number of amides is 7. The van der Waals surface area contributed by atoms with Crippen LogP contribution in [0.2, 0.25) is 0 Å².